The first-order valence-electron chi connectivity index (χ1n) is 6.45. The van der Waals surface area contributed by atoms with Crippen molar-refractivity contribution in [3.8, 4) is 11.3 Å². The summed E-state index contributed by atoms with van der Waals surface area (Å²) in [5.74, 6) is 0.203. The zero-order valence-electron chi connectivity index (χ0n) is 11.6. The van der Waals surface area contributed by atoms with Crippen LogP contribution in [-0.4, -0.2) is 0 Å². The van der Waals surface area contributed by atoms with Gasteiger partial charge in [0.2, 0.25) is 5.43 Å². The van der Waals surface area contributed by atoms with Gasteiger partial charge in [0.1, 0.15) is 11.3 Å². The van der Waals surface area contributed by atoms with E-state index < -0.39 is 5.43 Å². The van der Waals surface area contributed by atoms with Gasteiger partial charge in [0.25, 0.3) is 0 Å². The van der Waals surface area contributed by atoms with E-state index in [-0.39, 0.29) is 28.1 Å². The summed E-state index contributed by atoms with van der Waals surface area (Å²) < 4.78 is 5.73. The molecule has 1 heterocycles. The lowest BCUT2D eigenvalue weighted by molar-refractivity contribution is 0.622. The largest absolute Gasteiger partial charge is 0.453 e. The molecule has 3 aromatic rings. The Kier molecular flexibility index (Phi) is 2.84. The first kappa shape index (κ1) is 13.6. The molecule has 0 atom stereocenters. The van der Waals surface area contributed by atoms with Crippen LogP contribution < -0.4 is 34.1 Å². The zero-order valence-corrected chi connectivity index (χ0v) is 11.6. The van der Waals surface area contributed by atoms with Crippen LogP contribution in [0.15, 0.2) is 39.5 Å². The molecule has 0 saturated carbocycles. The summed E-state index contributed by atoms with van der Waals surface area (Å²) in [7, 11) is 0. The van der Waals surface area contributed by atoms with Gasteiger partial charge in [-0.25, -0.2) is 0 Å². The highest BCUT2D eigenvalue weighted by Crippen LogP contribution is 2.32. The predicted molar refractivity (Wildman–Crippen MR) is 90.0 cm³/mol. The first-order chi connectivity index (χ1) is 10.4. The van der Waals surface area contributed by atoms with Crippen LogP contribution in [-0.2, 0) is 0 Å². The van der Waals surface area contributed by atoms with Gasteiger partial charge < -0.3 is 33.1 Å². The number of fused-ring (bicyclic) bond motifs is 1. The van der Waals surface area contributed by atoms with Gasteiger partial charge in [0.05, 0.1) is 16.8 Å². The SMILES string of the molecule is Nc1cc(N)c2c(=O)c(N)c(-c3ccc(N)c(N)c3)oc2c1. The minimum absolute atomic E-state index is 0.0480. The van der Waals surface area contributed by atoms with Gasteiger partial charge in [-0.1, -0.05) is 0 Å². The first-order valence-corrected chi connectivity index (χ1v) is 6.45. The van der Waals surface area contributed by atoms with Crippen molar-refractivity contribution in [3.05, 3.63) is 40.6 Å². The van der Waals surface area contributed by atoms with Crippen LogP contribution in [0.25, 0.3) is 22.3 Å². The van der Waals surface area contributed by atoms with Gasteiger partial charge in [-0.3, -0.25) is 4.79 Å². The highest BCUT2D eigenvalue weighted by molar-refractivity contribution is 5.95. The number of nitrogens with two attached hydrogens (primary N) is 5. The summed E-state index contributed by atoms with van der Waals surface area (Å²) in [6, 6.07) is 7.88. The fourth-order valence-corrected chi connectivity index (χ4v) is 2.32. The monoisotopic (exact) mass is 297 g/mol. The third kappa shape index (κ3) is 1.96. The molecule has 0 aliphatic heterocycles. The molecule has 22 heavy (non-hydrogen) atoms. The van der Waals surface area contributed by atoms with E-state index in [1.807, 2.05) is 0 Å². The van der Waals surface area contributed by atoms with Gasteiger partial charge in [-0.05, 0) is 24.3 Å². The molecule has 0 radical (unpaired) electrons. The Balaban J connectivity index is 2.38. The van der Waals surface area contributed by atoms with E-state index in [1.165, 1.54) is 12.1 Å². The minimum Gasteiger partial charge on any atom is -0.453 e. The van der Waals surface area contributed by atoms with E-state index in [0.29, 0.717) is 22.6 Å². The molecule has 7 nitrogen and oxygen atoms in total. The second kappa shape index (κ2) is 4.59. The predicted octanol–water partition coefficient (Wildman–Crippen LogP) is 1.37. The highest BCUT2D eigenvalue weighted by Gasteiger charge is 2.16. The Morgan fingerprint density at radius 1 is 0.818 bits per heavy atom. The smallest absolute Gasteiger partial charge is 0.218 e. The average molecular weight is 297 g/mol. The molecule has 0 unspecified atom stereocenters. The second-order valence-corrected chi connectivity index (χ2v) is 5.00. The maximum atomic E-state index is 12.4. The summed E-state index contributed by atoms with van der Waals surface area (Å²) in [5, 5.41) is 0.207. The molecular formula is C15H15N5O2. The van der Waals surface area contributed by atoms with Crippen molar-refractivity contribution in [3.63, 3.8) is 0 Å². The van der Waals surface area contributed by atoms with Gasteiger partial charge in [0.15, 0.2) is 5.76 Å². The maximum Gasteiger partial charge on any atom is 0.218 e. The lowest BCUT2D eigenvalue weighted by atomic mass is 10.1. The summed E-state index contributed by atoms with van der Waals surface area (Å²) in [6.07, 6.45) is 0. The standard InChI is InChI=1S/C15H15N5O2/c16-7-4-10(19)12-11(5-7)22-15(13(20)14(12)21)6-1-2-8(17)9(18)3-6/h1-5H,16-20H2. The van der Waals surface area contributed by atoms with Crippen molar-refractivity contribution in [1.29, 1.82) is 0 Å². The topological polar surface area (TPSA) is 160 Å². The average Bonchev–Trinajstić information content (AvgIpc) is 2.45. The number of rotatable bonds is 1. The van der Waals surface area contributed by atoms with Crippen molar-refractivity contribution in [1.82, 2.24) is 0 Å². The molecular weight excluding hydrogens is 282 g/mol. The lowest BCUT2D eigenvalue weighted by Gasteiger charge is -2.10. The molecule has 0 aliphatic rings. The van der Waals surface area contributed by atoms with E-state index in [1.54, 1.807) is 18.2 Å². The molecule has 0 bridgehead atoms. The zero-order chi connectivity index (χ0) is 16.0. The molecule has 3 rings (SSSR count). The Hall–Kier alpha value is -3.35. The van der Waals surface area contributed by atoms with Crippen molar-refractivity contribution in [2.24, 2.45) is 0 Å². The lowest BCUT2D eigenvalue weighted by Crippen LogP contribution is -2.12. The van der Waals surface area contributed by atoms with Crippen LogP contribution in [0.4, 0.5) is 28.4 Å². The number of hydrogen-bond donors (Lipinski definition) is 5. The molecule has 0 saturated heterocycles. The van der Waals surface area contributed by atoms with Gasteiger partial charge in [0, 0.05) is 23.0 Å². The van der Waals surface area contributed by atoms with Crippen LogP contribution in [0, 0.1) is 0 Å². The van der Waals surface area contributed by atoms with Crippen molar-refractivity contribution >= 4 is 39.4 Å². The van der Waals surface area contributed by atoms with E-state index in [2.05, 4.69) is 0 Å². The van der Waals surface area contributed by atoms with Crippen LogP contribution in [0.5, 0.6) is 0 Å². The Bertz CT molecular complexity index is 962. The molecule has 0 aliphatic carbocycles. The van der Waals surface area contributed by atoms with E-state index in [0.717, 1.165) is 0 Å². The molecule has 1 aromatic heterocycles. The molecule has 7 heteroatoms. The van der Waals surface area contributed by atoms with E-state index in [9.17, 15) is 4.79 Å². The summed E-state index contributed by atoms with van der Waals surface area (Å²) in [5.41, 5.74) is 30.7. The van der Waals surface area contributed by atoms with E-state index >= 15 is 0 Å². The normalized spacial score (nSPS) is 10.9. The summed E-state index contributed by atoms with van der Waals surface area (Å²) in [6.45, 7) is 0. The summed E-state index contributed by atoms with van der Waals surface area (Å²) in [4.78, 5) is 12.4. The quantitative estimate of drug-likeness (QED) is 0.424. The maximum absolute atomic E-state index is 12.4. The minimum atomic E-state index is -0.413. The Labute approximate surface area is 125 Å². The third-order valence-corrected chi connectivity index (χ3v) is 3.43. The molecule has 2 aromatic carbocycles. The van der Waals surface area contributed by atoms with Gasteiger partial charge in [-0.2, -0.15) is 0 Å². The van der Waals surface area contributed by atoms with Crippen molar-refractivity contribution < 1.29 is 4.42 Å². The van der Waals surface area contributed by atoms with Crippen LogP contribution >= 0.6 is 0 Å². The van der Waals surface area contributed by atoms with Crippen LogP contribution in [0.1, 0.15) is 0 Å². The van der Waals surface area contributed by atoms with Crippen LogP contribution in [0.2, 0.25) is 0 Å². The molecule has 0 spiro atoms. The van der Waals surface area contributed by atoms with Crippen molar-refractivity contribution in [2.75, 3.05) is 28.7 Å². The number of nitrogen functional groups attached to an aromatic ring is 5. The molecule has 10 N–H and O–H groups in total. The van der Waals surface area contributed by atoms with Crippen molar-refractivity contribution in [2.45, 2.75) is 0 Å². The second-order valence-electron chi connectivity index (χ2n) is 5.00. The third-order valence-electron chi connectivity index (χ3n) is 3.43. The summed E-state index contributed by atoms with van der Waals surface area (Å²) >= 11 is 0. The molecule has 0 fully saturated rings. The molecule has 0 amide bonds. The van der Waals surface area contributed by atoms with Crippen LogP contribution in [0.3, 0.4) is 0 Å². The fraction of sp³-hybridized carbons (Fsp3) is 0. The Morgan fingerprint density at radius 2 is 1.55 bits per heavy atom. The fourth-order valence-electron chi connectivity index (χ4n) is 2.32. The van der Waals surface area contributed by atoms with Gasteiger partial charge in [-0.15, -0.1) is 0 Å². The molecule has 112 valence electrons. The van der Waals surface area contributed by atoms with E-state index in [4.69, 9.17) is 33.1 Å². The number of hydrogen-bond acceptors (Lipinski definition) is 7. The highest BCUT2D eigenvalue weighted by atomic mass is 16.3. The Morgan fingerprint density at radius 3 is 2.23 bits per heavy atom. The number of benzene rings is 2. The van der Waals surface area contributed by atoms with Gasteiger partial charge >= 0.3 is 0 Å². The number of anilines is 5.